The van der Waals surface area contributed by atoms with E-state index in [4.69, 9.17) is 4.74 Å². The van der Waals surface area contributed by atoms with E-state index in [2.05, 4.69) is 34.2 Å². The van der Waals surface area contributed by atoms with E-state index in [0.717, 1.165) is 21.0 Å². The third-order valence-electron chi connectivity index (χ3n) is 2.33. The van der Waals surface area contributed by atoms with Crippen molar-refractivity contribution in [1.82, 2.24) is 10.2 Å². The van der Waals surface area contributed by atoms with Crippen LogP contribution in [0.3, 0.4) is 0 Å². The molecule has 100 valence electrons. The molecular weight excluding hydrogens is 278 g/mol. The predicted molar refractivity (Wildman–Crippen MR) is 81.2 cm³/mol. The highest BCUT2D eigenvalue weighted by atomic mass is 32.2. The molecular formula is C13H15N3OS2. The normalized spacial score (nSPS) is 10.2. The van der Waals surface area contributed by atoms with E-state index in [1.807, 2.05) is 12.1 Å². The van der Waals surface area contributed by atoms with Gasteiger partial charge in [-0.3, -0.25) is 0 Å². The molecule has 19 heavy (non-hydrogen) atoms. The Labute approximate surface area is 120 Å². The summed E-state index contributed by atoms with van der Waals surface area (Å²) in [6, 6.07) is 8.05. The maximum Gasteiger partial charge on any atom is 0.206 e. The maximum atomic E-state index is 5.13. The van der Waals surface area contributed by atoms with Gasteiger partial charge in [-0.1, -0.05) is 41.3 Å². The Morgan fingerprint density at radius 2 is 2.16 bits per heavy atom. The molecule has 0 unspecified atom stereocenters. The second-order valence-corrected chi connectivity index (χ2v) is 5.88. The van der Waals surface area contributed by atoms with Crippen LogP contribution in [0.2, 0.25) is 0 Å². The van der Waals surface area contributed by atoms with Crippen LogP contribution in [-0.2, 0) is 5.75 Å². The number of thioether (sulfide) groups is 1. The summed E-state index contributed by atoms with van der Waals surface area (Å²) >= 11 is 3.24. The van der Waals surface area contributed by atoms with Crippen molar-refractivity contribution in [3.8, 4) is 5.75 Å². The van der Waals surface area contributed by atoms with Gasteiger partial charge >= 0.3 is 0 Å². The van der Waals surface area contributed by atoms with Gasteiger partial charge in [0, 0.05) is 12.3 Å². The number of aromatic nitrogens is 2. The highest BCUT2D eigenvalue weighted by Crippen LogP contribution is 2.28. The quantitative estimate of drug-likeness (QED) is 0.626. The van der Waals surface area contributed by atoms with Gasteiger partial charge < -0.3 is 10.1 Å². The fourth-order valence-electron chi connectivity index (χ4n) is 1.37. The van der Waals surface area contributed by atoms with Gasteiger partial charge in [0.2, 0.25) is 5.13 Å². The molecule has 6 heteroatoms. The number of rotatable bonds is 7. The molecule has 0 bridgehead atoms. The second-order valence-electron chi connectivity index (χ2n) is 3.68. The Kier molecular flexibility index (Phi) is 5.23. The van der Waals surface area contributed by atoms with Crippen LogP contribution in [0, 0.1) is 0 Å². The fourth-order valence-corrected chi connectivity index (χ4v) is 3.08. The second kappa shape index (κ2) is 7.16. The van der Waals surface area contributed by atoms with Crippen molar-refractivity contribution in [3.05, 3.63) is 42.5 Å². The molecule has 1 heterocycles. The minimum Gasteiger partial charge on any atom is -0.497 e. The zero-order chi connectivity index (χ0) is 13.5. The van der Waals surface area contributed by atoms with Crippen molar-refractivity contribution in [2.45, 2.75) is 10.1 Å². The van der Waals surface area contributed by atoms with E-state index < -0.39 is 0 Å². The van der Waals surface area contributed by atoms with Crippen LogP contribution in [-0.4, -0.2) is 23.9 Å². The minimum atomic E-state index is 0.706. The molecule has 0 radical (unpaired) electrons. The van der Waals surface area contributed by atoms with Gasteiger partial charge in [0.25, 0.3) is 0 Å². The molecule has 1 N–H and O–H groups in total. The number of hydrogen-bond donors (Lipinski definition) is 1. The number of nitrogens with one attached hydrogen (secondary N) is 1. The molecule has 0 fully saturated rings. The van der Waals surface area contributed by atoms with Gasteiger partial charge in [-0.25, -0.2) is 0 Å². The van der Waals surface area contributed by atoms with E-state index in [1.165, 1.54) is 5.56 Å². The summed E-state index contributed by atoms with van der Waals surface area (Å²) in [6.07, 6.45) is 1.80. The van der Waals surface area contributed by atoms with Gasteiger partial charge in [0.15, 0.2) is 4.34 Å². The number of nitrogens with zero attached hydrogens (tertiary/aromatic N) is 2. The summed E-state index contributed by atoms with van der Waals surface area (Å²) in [7, 11) is 1.67. The first-order valence-electron chi connectivity index (χ1n) is 5.76. The summed E-state index contributed by atoms with van der Waals surface area (Å²) in [4.78, 5) is 0. The molecule has 1 aromatic carbocycles. The number of benzene rings is 1. The standard InChI is InChI=1S/C13H15N3OS2/c1-3-8-14-12-15-16-13(19-12)18-9-10-4-6-11(17-2)7-5-10/h3-7H,1,8-9H2,2H3,(H,14,15). The molecule has 0 atom stereocenters. The summed E-state index contributed by atoms with van der Waals surface area (Å²) in [5, 5.41) is 12.1. The van der Waals surface area contributed by atoms with Crippen molar-refractivity contribution < 1.29 is 4.74 Å². The van der Waals surface area contributed by atoms with Crippen molar-refractivity contribution in [2.75, 3.05) is 19.0 Å². The lowest BCUT2D eigenvalue weighted by atomic mass is 10.2. The van der Waals surface area contributed by atoms with Crippen LogP contribution in [0.25, 0.3) is 0 Å². The van der Waals surface area contributed by atoms with E-state index in [9.17, 15) is 0 Å². The van der Waals surface area contributed by atoms with Crippen molar-refractivity contribution in [3.63, 3.8) is 0 Å². The van der Waals surface area contributed by atoms with Crippen LogP contribution >= 0.6 is 23.1 Å². The van der Waals surface area contributed by atoms with Crippen molar-refractivity contribution in [2.24, 2.45) is 0 Å². The highest BCUT2D eigenvalue weighted by Gasteiger charge is 2.04. The van der Waals surface area contributed by atoms with Gasteiger partial charge in [-0.15, -0.1) is 16.8 Å². The molecule has 0 aliphatic rings. The average Bonchev–Trinajstić information content (AvgIpc) is 2.91. The molecule has 0 saturated heterocycles. The smallest absolute Gasteiger partial charge is 0.206 e. The number of ether oxygens (including phenoxy) is 1. The van der Waals surface area contributed by atoms with Gasteiger partial charge in [-0.05, 0) is 17.7 Å². The van der Waals surface area contributed by atoms with Crippen LogP contribution < -0.4 is 10.1 Å². The third-order valence-corrected chi connectivity index (χ3v) is 4.41. The van der Waals surface area contributed by atoms with Crippen LogP contribution in [0.4, 0.5) is 5.13 Å². The molecule has 0 amide bonds. The average molecular weight is 293 g/mol. The lowest BCUT2D eigenvalue weighted by Crippen LogP contribution is -1.96. The molecule has 0 saturated carbocycles. The summed E-state index contributed by atoms with van der Waals surface area (Å²) in [5.41, 5.74) is 1.24. The Morgan fingerprint density at radius 1 is 1.37 bits per heavy atom. The van der Waals surface area contributed by atoms with Crippen molar-refractivity contribution >= 4 is 28.2 Å². The molecule has 0 spiro atoms. The number of anilines is 1. The summed E-state index contributed by atoms with van der Waals surface area (Å²) in [5.74, 6) is 1.75. The van der Waals surface area contributed by atoms with E-state index in [0.29, 0.717) is 6.54 Å². The molecule has 4 nitrogen and oxygen atoms in total. The SMILES string of the molecule is C=CCNc1nnc(SCc2ccc(OC)cc2)s1. The first-order valence-corrected chi connectivity index (χ1v) is 7.56. The Balaban J connectivity index is 1.87. The highest BCUT2D eigenvalue weighted by molar-refractivity contribution is 8.00. The van der Waals surface area contributed by atoms with Gasteiger partial charge in [0.1, 0.15) is 5.75 Å². The molecule has 1 aromatic heterocycles. The van der Waals surface area contributed by atoms with E-state index in [1.54, 1.807) is 36.3 Å². The monoisotopic (exact) mass is 293 g/mol. The van der Waals surface area contributed by atoms with Crippen LogP contribution in [0.1, 0.15) is 5.56 Å². The fraction of sp³-hybridized carbons (Fsp3) is 0.231. The minimum absolute atomic E-state index is 0.706. The lowest BCUT2D eigenvalue weighted by Gasteiger charge is -2.01. The number of methoxy groups -OCH3 is 1. The summed E-state index contributed by atoms with van der Waals surface area (Å²) < 4.78 is 6.09. The molecule has 0 aliphatic heterocycles. The van der Waals surface area contributed by atoms with Crippen LogP contribution in [0.15, 0.2) is 41.3 Å². The Bertz CT molecular complexity index is 525. The van der Waals surface area contributed by atoms with Crippen molar-refractivity contribution in [1.29, 1.82) is 0 Å². The molecule has 2 aromatic rings. The first kappa shape index (κ1) is 13.9. The van der Waals surface area contributed by atoms with Crippen LogP contribution in [0.5, 0.6) is 5.75 Å². The Hall–Kier alpha value is -1.53. The summed E-state index contributed by atoms with van der Waals surface area (Å²) in [6.45, 7) is 4.36. The molecule has 2 rings (SSSR count). The Morgan fingerprint density at radius 3 is 2.84 bits per heavy atom. The third kappa shape index (κ3) is 4.25. The first-order chi connectivity index (χ1) is 9.31. The lowest BCUT2D eigenvalue weighted by molar-refractivity contribution is 0.414. The zero-order valence-electron chi connectivity index (χ0n) is 10.6. The molecule has 0 aliphatic carbocycles. The topological polar surface area (TPSA) is 47.0 Å². The zero-order valence-corrected chi connectivity index (χ0v) is 12.3. The van der Waals surface area contributed by atoms with E-state index in [-0.39, 0.29) is 0 Å². The van der Waals surface area contributed by atoms with Gasteiger partial charge in [-0.2, -0.15) is 0 Å². The van der Waals surface area contributed by atoms with E-state index >= 15 is 0 Å². The largest absolute Gasteiger partial charge is 0.497 e. The maximum absolute atomic E-state index is 5.13. The number of hydrogen-bond acceptors (Lipinski definition) is 6. The predicted octanol–water partition coefficient (Wildman–Crippen LogP) is 3.44. The van der Waals surface area contributed by atoms with Gasteiger partial charge in [0.05, 0.1) is 7.11 Å².